The number of nitrogens with one attached hydrogen (secondary N) is 2. The van der Waals surface area contributed by atoms with Gasteiger partial charge in [-0.15, -0.1) is 24.8 Å². The number of rotatable bonds is 6. The molecule has 0 atom stereocenters. The summed E-state index contributed by atoms with van der Waals surface area (Å²) in [7, 11) is 1.66. The van der Waals surface area contributed by atoms with E-state index >= 15 is 0 Å². The van der Waals surface area contributed by atoms with Gasteiger partial charge in [-0.1, -0.05) is 6.92 Å². The lowest BCUT2D eigenvalue weighted by Crippen LogP contribution is -2.54. The summed E-state index contributed by atoms with van der Waals surface area (Å²) < 4.78 is 5.55. The molecule has 1 amide bonds. The summed E-state index contributed by atoms with van der Waals surface area (Å²) in [6, 6.07) is 0. The van der Waals surface area contributed by atoms with Crippen LogP contribution in [0.3, 0.4) is 0 Å². The van der Waals surface area contributed by atoms with Crippen molar-refractivity contribution in [1.29, 1.82) is 0 Å². The Balaban J connectivity index is 0.00000242. The minimum Gasteiger partial charge on any atom is -0.368 e. The first-order valence-electron chi connectivity index (χ1n) is 8.46. The van der Waals surface area contributed by atoms with E-state index in [1.807, 2.05) is 0 Å². The summed E-state index contributed by atoms with van der Waals surface area (Å²) >= 11 is 0. The number of piperidine rings is 2. The maximum absolute atomic E-state index is 12.4. The van der Waals surface area contributed by atoms with Gasteiger partial charge in [0, 0.05) is 13.7 Å². The quantitative estimate of drug-likeness (QED) is 0.749. The fourth-order valence-corrected chi connectivity index (χ4v) is 3.50. The normalized spacial score (nSPS) is 21.8. The molecule has 2 rings (SSSR count). The molecular formula is C16H33Cl2N3O2. The number of likely N-dealkylation sites (tertiary alicyclic amines) is 1. The summed E-state index contributed by atoms with van der Waals surface area (Å²) in [4.78, 5) is 14.9. The topological polar surface area (TPSA) is 53.6 Å². The van der Waals surface area contributed by atoms with Gasteiger partial charge in [-0.3, -0.25) is 4.79 Å². The van der Waals surface area contributed by atoms with Gasteiger partial charge in [0.05, 0.1) is 0 Å². The first kappa shape index (κ1) is 22.9. The molecule has 2 N–H and O–H groups in total. The zero-order chi connectivity index (χ0) is 15.1. The summed E-state index contributed by atoms with van der Waals surface area (Å²) in [5.41, 5.74) is -0.600. The van der Waals surface area contributed by atoms with Crippen LogP contribution in [0.5, 0.6) is 0 Å². The smallest absolute Gasteiger partial charge is 0.252 e. The van der Waals surface area contributed by atoms with Crippen molar-refractivity contribution in [2.24, 2.45) is 5.92 Å². The van der Waals surface area contributed by atoms with Gasteiger partial charge in [0.15, 0.2) is 0 Å². The van der Waals surface area contributed by atoms with Crippen LogP contribution in [-0.4, -0.2) is 62.8 Å². The molecule has 5 nitrogen and oxygen atoms in total. The largest absolute Gasteiger partial charge is 0.368 e. The van der Waals surface area contributed by atoms with Gasteiger partial charge in [-0.2, -0.15) is 0 Å². The summed E-state index contributed by atoms with van der Waals surface area (Å²) in [5, 5.41) is 6.39. The van der Waals surface area contributed by atoms with Crippen molar-refractivity contribution < 1.29 is 9.53 Å². The average Bonchev–Trinajstić information content (AvgIpc) is 2.56. The maximum Gasteiger partial charge on any atom is 0.252 e. The van der Waals surface area contributed by atoms with Gasteiger partial charge in [0.2, 0.25) is 0 Å². The number of nitrogens with zero attached hydrogens (tertiary/aromatic N) is 1. The molecule has 0 aromatic carbocycles. The van der Waals surface area contributed by atoms with E-state index in [-0.39, 0.29) is 30.7 Å². The highest BCUT2D eigenvalue weighted by Gasteiger charge is 2.39. The van der Waals surface area contributed by atoms with E-state index in [0.717, 1.165) is 51.4 Å². The third kappa shape index (κ3) is 6.39. The third-order valence-electron chi connectivity index (χ3n) is 5.21. The van der Waals surface area contributed by atoms with Gasteiger partial charge < -0.3 is 20.3 Å². The molecule has 2 saturated heterocycles. The van der Waals surface area contributed by atoms with Crippen molar-refractivity contribution >= 4 is 30.7 Å². The SMILES string of the molecule is CCN1CCC(CCNC(=O)C2(OC)CCNCC2)CC1.Cl.Cl. The highest BCUT2D eigenvalue weighted by atomic mass is 35.5. The number of carbonyl (C=O) groups excluding carboxylic acids is 1. The molecule has 0 spiro atoms. The van der Waals surface area contributed by atoms with Crippen LogP contribution < -0.4 is 10.6 Å². The molecule has 2 aliphatic rings. The molecule has 0 aromatic heterocycles. The van der Waals surface area contributed by atoms with Gasteiger partial charge in [0.25, 0.3) is 5.91 Å². The number of methoxy groups -OCH3 is 1. The molecule has 2 aliphatic heterocycles. The second-order valence-corrected chi connectivity index (χ2v) is 6.37. The van der Waals surface area contributed by atoms with Gasteiger partial charge in [-0.05, 0) is 70.7 Å². The highest BCUT2D eigenvalue weighted by molar-refractivity contribution is 5.86. The molecule has 2 heterocycles. The number of amides is 1. The molecule has 0 radical (unpaired) electrons. The van der Waals surface area contributed by atoms with E-state index in [4.69, 9.17) is 4.74 Å². The number of hydrogen-bond acceptors (Lipinski definition) is 4. The van der Waals surface area contributed by atoms with Crippen LogP contribution in [0.2, 0.25) is 0 Å². The fourth-order valence-electron chi connectivity index (χ4n) is 3.50. The Morgan fingerprint density at radius 2 is 1.87 bits per heavy atom. The molecule has 0 aliphatic carbocycles. The van der Waals surface area contributed by atoms with Crippen LogP contribution in [0, 0.1) is 5.92 Å². The zero-order valence-electron chi connectivity index (χ0n) is 14.4. The predicted molar refractivity (Wildman–Crippen MR) is 98.8 cm³/mol. The Kier molecular flexibility index (Phi) is 11.4. The summed E-state index contributed by atoms with van der Waals surface area (Å²) in [5.74, 6) is 0.845. The first-order valence-corrected chi connectivity index (χ1v) is 8.46. The Morgan fingerprint density at radius 3 is 2.39 bits per heavy atom. The molecule has 23 heavy (non-hydrogen) atoms. The average molecular weight is 370 g/mol. The van der Waals surface area contributed by atoms with Crippen molar-refractivity contribution in [3.05, 3.63) is 0 Å². The van der Waals surface area contributed by atoms with Crippen LogP contribution >= 0.6 is 24.8 Å². The zero-order valence-corrected chi connectivity index (χ0v) is 16.1. The number of halogens is 2. The first-order chi connectivity index (χ1) is 10.2. The molecule has 2 fully saturated rings. The minimum absolute atomic E-state index is 0. The highest BCUT2D eigenvalue weighted by Crippen LogP contribution is 2.23. The van der Waals surface area contributed by atoms with Crippen LogP contribution in [0.1, 0.15) is 39.0 Å². The molecule has 0 unspecified atom stereocenters. The summed E-state index contributed by atoms with van der Waals surface area (Å²) in [6.07, 6.45) is 5.17. The standard InChI is InChI=1S/C16H31N3O2.2ClH/c1-3-19-12-5-14(6-13-19)4-9-18-15(20)16(21-2)7-10-17-11-8-16;;/h14,17H,3-13H2,1-2H3,(H,18,20);2*1H. The van der Waals surface area contributed by atoms with Crippen molar-refractivity contribution in [1.82, 2.24) is 15.5 Å². The Morgan fingerprint density at radius 1 is 1.26 bits per heavy atom. The van der Waals surface area contributed by atoms with E-state index in [0.29, 0.717) is 0 Å². The lowest BCUT2D eigenvalue weighted by Gasteiger charge is -2.35. The lowest BCUT2D eigenvalue weighted by molar-refractivity contribution is -0.146. The Bertz CT molecular complexity index is 331. The number of ether oxygens (including phenoxy) is 1. The van der Waals surface area contributed by atoms with Crippen LogP contribution in [0.4, 0.5) is 0 Å². The molecule has 138 valence electrons. The lowest BCUT2D eigenvalue weighted by atomic mass is 9.90. The van der Waals surface area contributed by atoms with E-state index in [9.17, 15) is 4.79 Å². The molecule has 0 bridgehead atoms. The van der Waals surface area contributed by atoms with Crippen LogP contribution in [-0.2, 0) is 9.53 Å². The van der Waals surface area contributed by atoms with E-state index in [1.165, 1.54) is 25.9 Å². The monoisotopic (exact) mass is 369 g/mol. The van der Waals surface area contributed by atoms with Gasteiger partial charge in [-0.25, -0.2) is 0 Å². The van der Waals surface area contributed by atoms with Crippen molar-refractivity contribution in [3.8, 4) is 0 Å². The fraction of sp³-hybridized carbons (Fsp3) is 0.938. The Labute approximate surface area is 153 Å². The van der Waals surface area contributed by atoms with E-state index < -0.39 is 5.60 Å². The molecular weight excluding hydrogens is 337 g/mol. The van der Waals surface area contributed by atoms with Crippen molar-refractivity contribution in [2.45, 2.75) is 44.6 Å². The van der Waals surface area contributed by atoms with Crippen LogP contribution in [0.15, 0.2) is 0 Å². The number of hydrogen-bond donors (Lipinski definition) is 2. The van der Waals surface area contributed by atoms with Gasteiger partial charge in [0.1, 0.15) is 5.60 Å². The van der Waals surface area contributed by atoms with Crippen molar-refractivity contribution in [2.75, 3.05) is 46.4 Å². The van der Waals surface area contributed by atoms with E-state index in [1.54, 1.807) is 7.11 Å². The second-order valence-electron chi connectivity index (χ2n) is 6.37. The second kappa shape index (κ2) is 11.5. The van der Waals surface area contributed by atoms with E-state index in [2.05, 4.69) is 22.5 Å². The maximum atomic E-state index is 12.4. The molecule has 0 saturated carbocycles. The Hall–Kier alpha value is -0.0700. The minimum atomic E-state index is -0.600. The predicted octanol–water partition coefficient (Wildman–Crippen LogP) is 1.84. The third-order valence-corrected chi connectivity index (χ3v) is 5.21. The van der Waals surface area contributed by atoms with Crippen molar-refractivity contribution in [3.63, 3.8) is 0 Å². The molecule has 0 aromatic rings. The van der Waals surface area contributed by atoms with Gasteiger partial charge >= 0.3 is 0 Å². The molecule has 7 heteroatoms. The summed E-state index contributed by atoms with van der Waals surface area (Å²) in [6.45, 7) is 8.31. The van der Waals surface area contributed by atoms with Crippen LogP contribution in [0.25, 0.3) is 0 Å². The number of carbonyl (C=O) groups is 1.